The molecule has 6 heteroatoms. The second-order valence-electron chi connectivity index (χ2n) is 3.08. The molecule has 0 atom stereocenters. The molecule has 1 aromatic carbocycles. The quantitative estimate of drug-likeness (QED) is 0.780. The second-order valence-corrected chi connectivity index (χ2v) is 3.08. The van der Waals surface area contributed by atoms with Gasteiger partial charge in [-0.1, -0.05) is 0 Å². The highest BCUT2D eigenvalue weighted by Gasteiger charge is 2.20. The predicted octanol–water partition coefficient (Wildman–Crippen LogP) is 1.55. The van der Waals surface area contributed by atoms with E-state index < -0.39 is 23.2 Å². The van der Waals surface area contributed by atoms with Gasteiger partial charge in [0.1, 0.15) is 11.1 Å². The van der Waals surface area contributed by atoms with E-state index in [1.54, 1.807) is 7.05 Å². The number of carboxylic acid groups (broad SMARTS) is 1. The van der Waals surface area contributed by atoms with Gasteiger partial charge in [-0.2, -0.15) is 0 Å². The molecule has 0 saturated carbocycles. The lowest BCUT2D eigenvalue weighted by atomic mass is 10.2. The normalized spacial score (nSPS) is 10.9. The third kappa shape index (κ3) is 1.25. The largest absolute Gasteiger partial charge is 0.478 e. The molecule has 0 saturated heterocycles. The van der Waals surface area contributed by atoms with Crippen molar-refractivity contribution >= 4 is 17.0 Å². The van der Waals surface area contributed by atoms with E-state index in [0.717, 1.165) is 6.07 Å². The molecule has 0 radical (unpaired) electrons. The van der Waals surface area contributed by atoms with Gasteiger partial charge in [-0.3, -0.25) is 0 Å². The van der Waals surface area contributed by atoms with Gasteiger partial charge in [-0.25, -0.2) is 18.6 Å². The number of hydrogen-bond acceptors (Lipinski definition) is 2. The Hall–Kier alpha value is -1.98. The Morgan fingerprint density at radius 3 is 2.73 bits per heavy atom. The van der Waals surface area contributed by atoms with Crippen molar-refractivity contribution < 1.29 is 18.7 Å². The van der Waals surface area contributed by atoms with Crippen LogP contribution >= 0.6 is 0 Å². The van der Waals surface area contributed by atoms with Crippen molar-refractivity contribution in [2.24, 2.45) is 7.05 Å². The fraction of sp³-hybridized carbons (Fsp3) is 0.111. The van der Waals surface area contributed by atoms with Crippen LogP contribution in [0.4, 0.5) is 8.78 Å². The molecular weight excluding hydrogens is 206 g/mol. The van der Waals surface area contributed by atoms with E-state index in [1.165, 1.54) is 10.9 Å². The van der Waals surface area contributed by atoms with Gasteiger partial charge in [0.2, 0.25) is 0 Å². The third-order valence-electron chi connectivity index (χ3n) is 2.13. The molecule has 15 heavy (non-hydrogen) atoms. The maximum atomic E-state index is 13.3. The molecule has 0 bridgehead atoms. The van der Waals surface area contributed by atoms with E-state index in [1.807, 2.05) is 0 Å². The number of nitrogens with zero attached hydrogens (tertiary/aromatic N) is 2. The maximum absolute atomic E-state index is 13.3. The summed E-state index contributed by atoms with van der Waals surface area (Å²) in [5.41, 5.74) is -0.616. The van der Waals surface area contributed by atoms with Crippen LogP contribution in [-0.2, 0) is 7.05 Å². The Kier molecular flexibility index (Phi) is 1.92. The van der Waals surface area contributed by atoms with Gasteiger partial charge >= 0.3 is 5.97 Å². The van der Waals surface area contributed by atoms with Crippen LogP contribution in [-0.4, -0.2) is 20.6 Å². The fourth-order valence-electron chi connectivity index (χ4n) is 1.36. The van der Waals surface area contributed by atoms with Crippen LogP contribution in [0.3, 0.4) is 0 Å². The first-order valence-corrected chi connectivity index (χ1v) is 4.04. The Morgan fingerprint density at radius 2 is 2.13 bits per heavy atom. The number of aromatic carboxylic acids is 1. The Bertz CT molecular complexity index is 563. The second kappa shape index (κ2) is 3.01. The summed E-state index contributed by atoms with van der Waals surface area (Å²) in [6.45, 7) is 0. The minimum absolute atomic E-state index is 0.167. The summed E-state index contributed by atoms with van der Waals surface area (Å²) >= 11 is 0. The highest BCUT2D eigenvalue weighted by atomic mass is 19.2. The summed E-state index contributed by atoms with van der Waals surface area (Å²) < 4.78 is 27.9. The van der Waals surface area contributed by atoms with E-state index in [2.05, 4.69) is 4.98 Å². The van der Waals surface area contributed by atoms with E-state index in [4.69, 9.17) is 5.11 Å². The molecule has 1 aromatic heterocycles. The minimum Gasteiger partial charge on any atom is -0.478 e. The van der Waals surface area contributed by atoms with Crippen LogP contribution in [0.5, 0.6) is 0 Å². The fourth-order valence-corrected chi connectivity index (χ4v) is 1.36. The number of aromatic nitrogens is 2. The molecule has 1 N–H and O–H groups in total. The zero-order valence-electron chi connectivity index (χ0n) is 7.66. The number of carbonyl (C=O) groups is 1. The summed E-state index contributed by atoms with van der Waals surface area (Å²) in [6, 6.07) is 1.06. The van der Waals surface area contributed by atoms with E-state index in [0.29, 0.717) is 0 Å². The number of benzene rings is 1. The molecule has 0 fully saturated rings. The van der Waals surface area contributed by atoms with Gasteiger partial charge in [-0.05, 0) is 6.07 Å². The van der Waals surface area contributed by atoms with E-state index in [9.17, 15) is 13.6 Å². The van der Waals surface area contributed by atoms with E-state index >= 15 is 0 Å². The van der Waals surface area contributed by atoms with Crippen LogP contribution < -0.4 is 0 Å². The molecule has 0 aliphatic rings. The molecule has 1 heterocycles. The summed E-state index contributed by atoms with van der Waals surface area (Å²) in [6.07, 6.45) is 1.29. The maximum Gasteiger partial charge on any atom is 0.338 e. The number of rotatable bonds is 1. The number of imidazole rings is 1. The van der Waals surface area contributed by atoms with Crippen molar-refractivity contribution in [2.75, 3.05) is 0 Å². The zero-order chi connectivity index (χ0) is 11.2. The third-order valence-corrected chi connectivity index (χ3v) is 2.13. The van der Waals surface area contributed by atoms with Gasteiger partial charge in [0.05, 0.1) is 11.8 Å². The lowest BCUT2D eigenvalue weighted by Gasteiger charge is -2.01. The number of carboxylic acids is 1. The van der Waals surface area contributed by atoms with Gasteiger partial charge in [0, 0.05) is 7.05 Å². The van der Waals surface area contributed by atoms with Crippen molar-refractivity contribution in [1.82, 2.24) is 9.55 Å². The van der Waals surface area contributed by atoms with Gasteiger partial charge < -0.3 is 9.67 Å². The number of fused-ring (bicyclic) bond motifs is 1. The van der Waals surface area contributed by atoms with Crippen LogP contribution in [0.25, 0.3) is 11.0 Å². The van der Waals surface area contributed by atoms with Crippen LogP contribution in [0.1, 0.15) is 10.4 Å². The van der Waals surface area contributed by atoms with E-state index in [-0.39, 0.29) is 11.0 Å². The Balaban J connectivity index is 2.91. The molecule has 0 aliphatic carbocycles. The zero-order valence-corrected chi connectivity index (χ0v) is 7.66. The van der Waals surface area contributed by atoms with Crippen molar-refractivity contribution in [3.8, 4) is 0 Å². The Labute approximate surface area is 82.8 Å². The summed E-state index contributed by atoms with van der Waals surface area (Å²) in [7, 11) is 1.57. The molecule has 0 unspecified atom stereocenters. The molecule has 0 aliphatic heterocycles. The molecule has 0 amide bonds. The first kappa shape index (κ1) is 9.57. The topological polar surface area (TPSA) is 55.1 Å². The molecule has 4 nitrogen and oxygen atoms in total. The van der Waals surface area contributed by atoms with Crippen molar-refractivity contribution in [2.45, 2.75) is 0 Å². The summed E-state index contributed by atoms with van der Waals surface area (Å²) in [5, 5.41) is 8.64. The number of hydrogen-bond donors (Lipinski definition) is 1. The van der Waals surface area contributed by atoms with Crippen LogP contribution in [0.15, 0.2) is 12.4 Å². The first-order chi connectivity index (χ1) is 7.02. The van der Waals surface area contributed by atoms with Gasteiger partial charge in [0.15, 0.2) is 11.6 Å². The average molecular weight is 212 g/mol. The molecule has 2 aromatic rings. The smallest absolute Gasteiger partial charge is 0.338 e. The van der Waals surface area contributed by atoms with Crippen molar-refractivity contribution in [3.63, 3.8) is 0 Å². The van der Waals surface area contributed by atoms with Crippen LogP contribution in [0, 0.1) is 11.6 Å². The summed E-state index contributed by atoms with van der Waals surface area (Å²) in [4.78, 5) is 14.2. The average Bonchev–Trinajstić information content (AvgIpc) is 2.53. The Morgan fingerprint density at radius 1 is 1.47 bits per heavy atom. The van der Waals surface area contributed by atoms with Gasteiger partial charge in [0.25, 0.3) is 0 Å². The first-order valence-electron chi connectivity index (χ1n) is 4.04. The standard InChI is InChI=1S/C9H6F2N2O2/c1-13-3-12-8-5(13)2-4(9(14)15)6(10)7(8)11/h2-3H,1H3,(H,14,15). The SMILES string of the molecule is Cn1cnc2c(F)c(F)c(C(=O)O)cc21. The highest BCUT2D eigenvalue weighted by Crippen LogP contribution is 2.22. The molecule has 0 spiro atoms. The van der Waals surface area contributed by atoms with Crippen molar-refractivity contribution in [3.05, 3.63) is 29.6 Å². The number of halogens is 2. The summed E-state index contributed by atoms with van der Waals surface area (Å²) in [5.74, 6) is -4.12. The minimum atomic E-state index is -1.51. The molecular formula is C9H6F2N2O2. The van der Waals surface area contributed by atoms with Crippen LogP contribution in [0.2, 0.25) is 0 Å². The number of aryl methyl sites for hydroxylation is 1. The lowest BCUT2D eigenvalue weighted by Crippen LogP contribution is -2.04. The molecule has 78 valence electrons. The highest BCUT2D eigenvalue weighted by molar-refractivity contribution is 5.93. The monoisotopic (exact) mass is 212 g/mol. The van der Waals surface area contributed by atoms with Gasteiger partial charge in [-0.15, -0.1) is 0 Å². The predicted molar refractivity (Wildman–Crippen MR) is 47.6 cm³/mol. The molecule has 2 rings (SSSR count). The lowest BCUT2D eigenvalue weighted by molar-refractivity contribution is 0.0691. The van der Waals surface area contributed by atoms with Crippen molar-refractivity contribution in [1.29, 1.82) is 0 Å².